The molecule has 2 aromatic rings. The van der Waals surface area contributed by atoms with Crippen LogP contribution in [0.4, 0.5) is 0 Å². The number of hydrogen-bond acceptors (Lipinski definition) is 6. The fraction of sp³-hybridized carbons (Fsp3) is 0.467. The summed E-state index contributed by atoms with van der Waals surface area (Å²) in [5.41, 5.74) is 1.62. The molecule has 1 aliphatic heterocycles. The highest BCUT2D eigenvalue weighted by atomic mass is 16.7. The zero-order valence-electron chi connectivity index (χ0n) is 12.0. The minimum absolute atomic E-state index is 0.488. The Morgan fingerprint density at radius 2 is 1.86 bits per heavy atom. The number of nitrogens with one attached hydrogen (secondary N) is 1. The van der Waals surface area contributed by atoms with E-state index in [9.17, 15) is 20.4 Å². The smallest absolute Gasteiger partial charge is 0.229 e. The van der Waals surface area contributed by atoms with Crippen LogP contribution in [0.1, 0.15) is 5.69 Å². The van der Waals surface area contributed by atoms with Crippen LogP contribution in [0.25, 0.3) is 10.9 Å². The van der Waals surface area contributed by atoms with Gasteiger partial charge in [-0.1, -0.05) is 12.1 Å². The summed E-state index contributed by atoms with van der Waals surface area (Å²) in [4.78, 5) is 3.15. The number of H-pyrrole nitrogens is 1. The van der Waals surface area contributed by atoms with E-state index in [0.29, 0.717) is 5.75 Å². The highest BCUT2D eigenvalue weighted by Crippen LogP contribution is 2.32. The van der Waals surface area contributed by atoms with Crippen molar-refractivity contribution in [3.8, 4) is 5.75 Å². The van der Waals surface area contributed by atoms with Crippen LogP contribution in [0, 0.1) is 6.92 Å². The minimum Gasteiger partial charge on any atom is -0.459 e. The van der Waals surface area contributed by atoms with Gasteiger partial charge in [0.25, 0.3) is 0 Å². The molecule has 5 N–H and O–H groups in total. The lowest BCUT2D eigenvalue weighted by Crippen LogP contribution is -2.60. The second kappa shape index (κ2) is 5.86. The number of para-hydroxylation sites is 1. The van der Waals surface area contributed by atoms with Crippen LogP contribution in [0.5, 0.6) is 5.75 Å². The lowest BCUT2D eigenvalue weighted by molar-refractivity contribution is -0.277. The highest BCUT2D eigenvalue weighted by molar-refractivity contribution is 5.87. The monoisotopic (exact) mass is 309 g/mol. The van der Waals surface area contributed by atoms with Crippen molar-refractivity contribution >= 4 is 10.9 Å². The fourth-order valence-electron chi connectivity index (χ4n) is 2.68. The van der Waals surface area contributed by atoms with E-state index in [1.54, 1.807) is 0 Å². The van der Waals surface area contributed by atoms with Crippen LogP contribution in [0.15, 0.2) is 24.3 Å². The summed E-state index contributed by atoms with van der Waals surface area (Å²) >= 11 is 0. The Hall–Kier alpha value is -1.64. The van der Waals surface area contributed by atoms with Crippen molar-refractivity contribution < 1.29 is 29.9 Å². The number of aromatic amines is 1. The van der Waals surface area contributed by atoms with E-state index in [0.717, 1.165) is 16.6 Å². The normalized spacial score (nSPS) is 32.3. The average Bonchev–Trinajstić information content (AvgIpc) is 2.83. The summed E-state index contributed by atoms with van der Waals surface area (Å²) in [7, 11) is 0. The van der Waals surface area contributed by atoms with E-state index in [4.69, 9.17) is 9.47 Å². The number of ether oxygens (including phenoxy) is 2. The van der Waals surface area contributed by atoms with Crippen LogP contribution in [-0.2, 0) is 4.74 Å². The second-order valence-electron chi connectivity index (χ2n) is 5.44. The Labute approximate surface area is 126 Å². The number of aliphatic hydroxyl groups excluding tert-OH is 4. The van der Waals surface area contributed by atoms with Gasteiger partial charge in [0.05, 0.1) is 12.3 Å². The molecule has 0 saturated carbocycles. The Balaban J connectivity index is 1.89. The van der Waals surface area contributed by atoms with Crippen molar-refractivity contribution in [2.45, 2.75) is 37.6 Å². The summed E-state index contributed by atoms with van der Waals surface area (Å²) in [6.07, 6.45) is -6.46. The molecule has 22 heavy (non-hydrogen) atoms. The maximum Gasteiger partial charge on any atom is 0.229 e. The van der Waals surface area contributed by atoms with E-state index in [-0.39, 0.29) is 0 Å². The predicted molar refractivity (Wildman–Crippen MR) is 77.4 cm³/mol. The first-order valence-corrected chi connectivity index (χ1v) is 7.07. The van der Waals surface area contributed by atoms with Gasteiger partial charge in [-0.25, -0.2) is 0 Å². The average molecular weight is 309 g/mol. The molecule has 0 spiro atoms. The van der Waals surface area contributed by atoms with Gasteiger partial charge in [0.1, 0.15) is 24.4 Å². The molecule has 0 aliphatic carbocycles. The van der Waals surface area contributed by atoms with E-state index in [2.05, 4.69) is 4.98 Å². The maximum absolute atomic E-state index is 10.0. The molecule has 5 atom stereocenters. The SMILES string of the molecule is Cc1[nH]c2ccccc2c1O[C@@H]1O[C@H](CO)[C@H](O)[C@H](O)[C@H]1O. The number of aliphatic hydroxyl groups is 4. The van der Waals surface area contributed by atoms with Crippen molar-refractivity contribution in [2.24, 2.45) is 0 Å². The quantitative estimate of drug-likeness (QED) is 0.530. The lowest BCUT2D eigenvalue weighted by Gasteiger charge is -2.39. The standard InChI is InChI=1S/C15H19NO6/c1-7-14(8-4-2-3-5-9(8)16-7)22-15-13(20)12(19)11(18)10(6-17)21-15/h2-5,10-13,15-20H,6H2,1H3/t10-,11+,12+,13-,15+/m1/s1. The predicted octanol–water partition coefficient (Wildman–Crippen LogP) is -0.345. The molecule has 7 nitrogen and oxygen atoms in total. The van der Waals surface area contributed by atoms with Gasteiger partial charge in [-0.15, -0.1) is 0 Å². The molecule has 120 valence electrons. The number of rotatable bonds is 3. The summed E-state index contributed by atoms with van der Waals surface area (Å²) in [6, 6.07) is 7.49. The van der Waals surface area contributed by atoms with Crippen molar-refractivity contribution in [3.05, 3.63) is 30.0 Å². The molecule has 1 fully saturated rings. The van der Waals surface area contributed by atoms with Gasteiger partial charge in [0, 0.05) is 10.9 Å². The Kier molecular flexibility index (Phi) is 4.07. The minimum atomic E-state index is -1.46. The number of aryl methyl sites for hydroxylation is 1. The topological polar surface area (TPSA) is 115 Å². The summed E-state index contributed by atoms with van der Waals surface area (Å²) in [5.74, 6) is 0.500. The third-order valence-electron chi connectivity index (χ3n) is 3.92. The zero-order valence-corrected chi connectivity index (χ0v) is 12.0. The fourth-order valence-corrected chi connectivity index (χ4v) is 2.68. The van der Waals surface area contributed by atoms with Crippen LogP contribution in [0.2, 0.25) is 0 Å². The zero-order chi connectivity index (χ0) is 15.9. The summed E-state index contributed by atoms with van der Waals surface area (Å²) < 4.78 is 11.1. The molecule has 1 saturated heterocycles. The van der Waals surface area contributed by atoms with Crippen molar-refractivity contribution in [1.82, 2.24) is 4.98 Å². The van der Waals surface area contributed by atoms with Gasteiger partial charge in [0.2, 0.25) is 6.29 Å². The molecule has 1 aromatic heterocycles. The first-order chi connectivity index (χ1) is 10.5. The van der Waals surface area contributed by atoms with Crippen LogP contribution in [-0.4, -0.2) is 62.7 Å². The van der Waals surface area contributed by atoms with Crippen molar-refractivity contribution in [1.29, 1.82) is 0 Å². The molecule has 0 amide bonds. The van der Waals surface area contributed by atoms with Crippen molar-refractivity contribution in [2.75, 3.05) is 6.61 Å². The third-order valence-corrected chi connectivity index (χ3v) is 3.92. The molecule has 3 rings (SSSR count). The molecule has 0 bridgehead atoms. The van der Waals surface area contributed by atoms with Crippen molar-refractivity contribution in [3.63, 3.8) is 0 Å². The number of aromatic nitrogens is 1. The van der Waals surface area contributed by atoms with Gasteiger partial charge >= 0.3 is 0 Å². The van der Waals surface area contributed by atoms with Gasteiger partial charge in [-0.3, -0.25) is 0 Å². The Morgan fingerprint density at radius 1 is 1.14 bits per heavy atom. The van der Waals surface area contributed by atoms with Gasteiger partial charge in [-0.2, -0.15) is 0 Å². The van der Waals surface area contributed by atoms with Gasteiger partial charge in [-0.05, 0) is 19.1 Å². The van der Waals surface area contributed by atoms with E-state index in [1.165, 1.54) is 0 Å². The van der Waals surface area contributed by atoms with Gasteiger partial charge < -0.3 is 34.9 Å². The number of hydrogen-bond donors (Lipinski definition) is 5. The molecule has 0 radical (unpaired) electrons. The maximum atomic E-state index is 10.0. The van der Waals surface area contributed by atoms with E-state index < -0.39 is 37.3 Å². The Bertz CT molecular complexity index is 655. The molecular formula is C15H19NO6. The molecular weight excluding hydrogens is 290 g/mol. The van der Waals surface area contributed by atoms with E-state index in [1.807, 2.05) is 31.2 Å². The first kappa shape index (κ1) is 15.3. The first-order valence-electron chi connectivity index (χ1n) is 7.07. The number of fused-ring (bicyclic) bond motifs is 1. The summed E-state index contributed by atoms with van der Waals surface area (Å²) in [5, 5.41) is 39.6. The molecule has 1 aliphatic rings. The van der Waals surface area contributed by atoms with Crippen LogP contribution >= 0.6 is 0 Å². The highest BCUT2D eigenvalue weighted by Gasteiger charge is 2.45. The van der Waals surface area contributed by atoms with Crippen LogP contribution in [0.3, 0.4) is 0 Å². The molecule has 2 heterocycles. The van der Waals surface area contributed by atoms with Crippen LogP contribution < -0.4 is 4.74 Å². The van der Waals surface area contributed by atoms with Gasteiger partial charge in [0.15, 0.2) is 5.75 Å². The Morgan fingerprint density at radius 3 is 2.59 bits per heavy atom. The largest absolute Gasteiger partial charge is 0.459 e. The number of benzene rings is 1. The molecule has 7 heteroatoms. The second-order valence-corrected chi connectivity index (χ2v) is 5.44. The lowest BCUT2D eigenvalue weighted by atomic mass is 9.99. The third kappa shape index (κ3) is 2.47. The molecule has 0 unspecified atom stereocenters. The summed E-state index contributed by atoms with van der Waals surface area (Å²) in [6.45, 7) is 1.33. The van der Waals surface area contributed by atoms with E-state index >= 15 is 0 Å². The molecule has 1 aromatic carbocycles.